The molecule has 0 spiro atoms. The van der Waals surface area contributed by atoms with Gasteiger partial charge in [0.05, 0.1) is 5.41 Å². The summed E-state index contributed by atoms with van der Waals surface area (Å²) in [4.78, 5) is 14.6. The van der Waals surface area contributed by atoms with Crippen molar-refractivity contribution >= 4 is 5.91 Å². The third-order valence-electron chi connectivity index (χ3n) is 4.47. The number of hydrogen-bond acceptors (Lipinski definition) is 2. The van der Waals surface area contributed by atoms with Crippen molar-refractivity contribution < 1.29 is 4.79 Å². The van der Waals surface area contributed by atoms with Crippen molar-refractivity contribution in [2.24, 2.45) is 17.1 Å². The number of carbonyl (C=O) groups is 1. The highest BCUT2D eigenvalue weighted by molar-refractivity contribution is 5.83. The molecular formula is C13H24N2O. The van der Waals surface area contributed by atoms with Gasteiger partial charge in [-0.2, -0.15) is 0 Å². The fourth-order valence-electron chi connectivity index (χ4n) is 3.08. The van der Waals surface area contributed by atoms with Crippen molar-refractivity contribution in [1.29, 1.82) is 0 Å². The van der Waals surface area contributed by atoms with Crippen LogP contribution in [0.4, 0.5) is 0 Å². The van der Waals surface area contributed by atoms with Crippen LogP contribution >= 0.6 is 0 Å². The fraction of sp³-hybridized carbons (Fsp3) is 0.923. The van der Waals surface area contributed by atoms with Crippen LogP contribution in [0.1, 0.15) is 45.4 Å². The monoisotopic (exact) mass is 224 g/mol. The van der Waals surface area contributed by atoms with Crippen LogP contribution in [0.25, 0.3) is 0 Å². The molecule has 0 aromatic rings. The Morgan fingerprint density at radius 1 is 1.31 bits per heavy atom. The van der Waals surface area contributed by atoms with Gasteiger partial charge in [0.25, 0.3) is 0 Å². The van der Waals surface area contributed by atoms with E-state index in [9.17, 15) is 4.79 Å². The average Bonchev–Trinajstić information content (AvgIpc) is 2.83. The number of amides is 1. The second kappa shape index (κ2) is 4.74. The van der Waals surface area contributed by atoms with Gasteiger partial charge in [-0.1, -0.05) is 6.92 Å². The zero-order chi connectivity index (χ0) is 11.6. The minimum Gasteiger partial charge on any atom is -0.342 e. The lowest BCUT2D eigenvalue weighted by atomic mass is 9.70. The van der Waals surface area contributed by atoms with E-state index in [-0.39, 0.29) is 5.41 Å². The summed E-state index contributed by atoms with van der Waals surface area (Å²) < 4.78 is 0. The van der Waals surface area contributed by atoms with Gasteiger partial charge in [-0.3, -0.25) is 4.79 Å². The molecule has 3 nitrogen and oxygen atoms in total. The van der Waals surface area contributed by atoms with Crippen molar-refractivity contribution in [2.45, 2.75) is 45.4 Å². The highest BCUT2D eigenvalue weighted by Gasteiger charge is 2.42. The normalized spacial score (nSPS) is 35.4. The molecule has 2 rings (SSSR count). The van der Waals surface area contributed by atoms with E-state index in [1.165, 1.54) is 12.8 Å². The topological polar surface area (TPSA) is 46.3 Å². The second-order valence-corrected chi connectivity index (χ2v) is 5.67. The maximum atomic E-state index is 12.5. The number of carbonyl (C=O) groups excluding carboxylic acids is 1. The molecule has 2 N–H and O–H groups in total. The molecule has 2 aliphatic rings. The van der Waals surface area contributed by atoms with Gasteiger partial charge in [0.1, 0.15) is 0 Å². The molecule has 1 saturated carbocycles. The van der Waals surface area contributed by atoms with Gasteiger partial charge in [0.2, 0.25) is 5.91 Å². The molecule has 0 aromatic carbocycles. The summed E-state index contributed by atoms with van der Waals surface area (Å²) in [6.07, 6.45) is 6.67. The molecule has 0 radical (unpaired) electrons. The summed E-state index contributed by atoms with van der Waals surface area (Å²) in [5.74, 6) is 1.12. The zero-order valence-corrected chi connectivity index (χ0v) is 10.4. The Balaban J connectivity index is 2.05. The zero-order valence-electron chi connectivity index (χ0n) is 10.4. The van der Waals surface area contributed by atoms with Crippen molar-refractivity contribution in [1.82, 2.24) is 4.90 Å². The van der Waals surface area contributed by atoms with Crippen LogP contribution in [0.3, 0.4) is 0 Å². The van der Waals surface area contributed by atoms with E-state index in [2.05, 4.69) is 6.92 Å². The molecule has 3 heteroatoms. The van der Waals surface area contributed by atoms with Crippen LogP contribution in [0.15, 0.2) is 0 Å². The quantitative estimate of drug-likeness (QED) is 0.777. The summed E-state index contributed by atoms with van der Waals surface area (Å²) in [5, 5.41) is 0. The minimum absolute atomic E-state index is 0.211. The molecule has 1 heterocycles. The number of nitrogens with zero attached hydrogens (tertiary/aromatic N) is 1. The first-order valence-corrected chi connectivity index (χ1v) is 6.67. The van der Waals surface area contributed by atoms with Crippen molar-refractivity contribution in [3.63, 3.8) is 0 Å². The minimum atomic E-state index is -0.211. The van der Waals surface area contributed by atoms with E-state index >= 15 is 0 Å². The first-order valence-electron chi connectivity index (χ1n) is 6.67. The fourth-order valence-corrected chi connectivity index (χ4v) is 3.08. The lowest BCUT2D eigenvalue weighted by Crippen LogP contribution is -2.48. The molecule has 0 atom stereocenters. The Morgan fingerprint density at radius 2 is 1.88 bits per heavy atom. The molecule has 0 unspecified atom stereocenters. The first-order chi connectivity index (χ1) is 7.68. The lowest BCUT2D eigenvalue weighted by Gasteiger charge is -2.39. The van der Waals surface area contributed by atoms with Gasteiger partial charge in [-0.25, -0.2) is 0 Å². The molecule has 1 aliphatic carbocycles. The van der Waals surface area contributed by atoms with Gasteiger partial charge in [-0.15, -0.1) is 0 Å². The Bertz CT molecular complexity index is 251. The van der Waals surface area contributed by atoms with E-state index in [1.807, 2.05) is 4.90 Å². The van der Waals surface area contributed by atoms with Gasteiger partial charge in [0.15, 0.2) is 0 Å². The number of rotatable bonds is 2. The van der Waals surface area contributed by atoms with Crippen molar-refractivity contribution in [3.05, 3.63) is 0 Å². The average molecular weight is 224 g/mol. The Kier molecular flexibility index (Phi) is 3.53. The molecule has 0 aromatic heterocycles. The smallest absolute Gasteiger partial charge is 0.230 e. The summed E-state index contributed by atoms with van der Waals surface area (Å²) >= 11 is 0. The number of likely N-dealkylation sites (tertiary alicyclic amines) is 1. The van der Waals surface area contributed by atoms with E-state index in [0.717, 1.165) is 44.7 Å². The molecule has 0 bridgehead atoms. The molecule has 2 fully saturated rings. The van der Waals surface area contributed by atoms with Crippen LogP contribution < -0.4 is 5.73 Å². The van der Waals surface area contributed by atoms with Crippen LogP contribution in [0, 0.1) is 11.3 Å². The predicted molar refractivity (Wildman–Crippen MR) is 64.9 cm³/mol. The standard InChI is InChI=1S/C13H24N2O/c1-11-4-6-13(10-14,7-5-11)12(16)15-8-2-3-9-15/h11H,2-10,14H2,1H3. The third kappa shape index (κ3) is 2.10. The summed E-state index contributed by atoms with van der Waals surface area (Å²) in [6.45, 7) is 4.72. The molecular weight excluding hydrogens is 200 g/mol. The highest BCUT2D eigenvalue weighted by atomic mass is 16.2. The van der Waals surface area contributed by atoms with Crippen LogP contribution in [-0.4, -0.2) is 30.4 Å². The summed E-state index contributed by atoms with van der Waals surface area (Å²) in [7, 11) is 0. The third-order valence-corrected chi connectivity index (χ3v) is 4.47. The Morgan fingerprint density at radius 3 is 2.38 bits per heavy atom. The van der Waals surface area contributed by atoms with E-state index < -0.39 is 0 Å². The lowest BCUT2D eigenvalue weighted by molar-refractivity contribution is -0.143. The summed E-state index contributed by atoms with van der Waals surface area (Å²) in [6, 6.07) is 0. The van der Waals surface area contributed by atoms with Gasteiger partial charge in [-0.05, 0) is 44.4 Å². The van der Waals surface area contributed by atoms with Crippen LogP contribution in [0.2, 0.25) is 0 Å². The van der Waals surface area contributed by atoms with Crippen molar-refractivity contribution in [3.8, 4) is 0 Å². The van der Waals surface area contributed by atoms with E-state index in [1.54, 1.807) is 0 Å². The maximum absolute atomic E-state index is 12.5. The van der Waals surface area contributed by atoms with Gasteiger partial charge >= 0.3 is 0 Å². The highest BCUT2D eigenvalue weighted by Crippen LogP contribution is 2.40. The molecule has 16 heavy (non-hydrogen) atoms. The Labute approximate surface area is 98.4 Å². The molecule has 1 amide bonds. The SMILES string of the molecule is CC1CCC(CN)(C(=O)N2CCCC2)CC1. The number of hydrogen-bond donors (Lipinski definition) is 1. The molecule has 92 valence electrons. The largest absolute Gasteiger partial charge is 0.342 e. The van der Waals surface area contributed by atoms with Crippen LogP contribution in [-0.2, 0) is 4.79 Å². The molecule has 1 saturated heterocycles. The molecule has 1 aliphatic heterocycles. The van der Waals surface area contributed by atoms with Gasteiger partial charge < -0.3 is 10.6 Å². The van der Waals surface area contributed by atoms with E-state index in [0.29, 0.717) is 12.5 Å². The summed E-state index contributed by atoms with van der Waals surface area (Å²) in [5.41, 5.74) is 5.69. The first kappa shape index (κ1) is 11.9. The Hall–Kier alpha value is -0.570. The van der Waals surface area contributed by atoms with Crippen molar-refractivity contribution in [2.75, 3.05) is 19.6 Å². The second-order valence-electron chi connectivity index (χ2n) is 5.67. The maximum Gasteiger partial charge on any atom is 0.230 e. The van der Waals surface area contributed by atoms with E-state index in [4.69, 9.17) is 5.73 Å². The van der Waals surface area contributed by atoms with Crippen LogP contribution in [0.5, 0.6) is 0 Å². The van der Waals surface area contributed by atoms with Gasteiger partial charge in [0, 0.05) is 19.6 Å². The predicted octanol–water partition coefficient (Wildman–Crippen LogP) is 1.76. The number of nitrogens with two attached hydrogens (primary N) is 1.